The van der Waals surface area contributed by atoms with Gasteiger partial charge >= 0.3 is 0 Å². The molecule has 0 fully saturated rings. The summed E-state index contributed by atoms with van der Waals surface area (Å²) in [4.78, 5) is 0. The first-order chi connectivity index (χ1) is 9.05. The van der Waals surface area contributed by atoms with Crippen molar-refractivity contribution in [2.45, 2.75) is 24.1 Å². The third kappa shape index (κ3) is 3.34. The zero-order valence-electron chi connectivity index (χ0n) is 10.6. The van der Waals surface area contributed by atoms with Crippen LogP contribution in [0.15, 0.2) is 39.9 Å². The van der Waals surface area contributed by atoms with Crippen LogP contribution in [0.2, 0.25) is 0 Å². The first kappa shape index (κ1) is 14.0. The van der Waals surface area contributed by atoms with E-state index in [1.54, 1.807) is 17.5 Å². The van der Waals surface area contributed by atoms with Gasteiger partial charge in [-0.2, -0.15) is 0 Å². The molecule has 0 spiro atoms. The van der Waals surface area contributed by atoms with Gasteiger partial charge in [0.25, 0.3) is 10.0 Å². The van der Waals surface area contributed by atoms with E-state index in [4.69, 9.17) is 5.73 Å². The average Bonchev–Trinajstić information content (AvgIpc) is 2.88. The smallest absolute Gasteiger partial charge is 0.271 e. The van der Waals surface area contributed by atoms with Crippen LogP contribution in [-0.2, 0) is 23.0 Å². The molecule has 0 radical (unpaired) electrons. The van der Waals surface area contributed by atoms with Crippen molar-refractivity contribution in [1.29, 1.82) is 0 Å². The normalized spacial score (nSPS) is 11.5. The fourth-order valence-electron chi connectivity index (χ4n) is 1.66. The fraction of sp³-hybridized carbons (Fsp3) is 0.231. The number of benzene rings is 1. The number of nitrogens with one attached hydrogen (secondary N) is 1. The highest BCUT2D eigenvalue weighted by atomic mass is 32.2. The molecule has 2 aromatic rings. The highest BCUT2D eigenvalue weighted by Crippen LogP contribution is 2.23. The van der Waals surface area contributed by atoms with Crippen LogP contribution in [0.1, 0.15) is 18.1 Å². The third-order valence-corrected chi connectivity index (χ3v) is 5.59. The molecule has 6 heteroatoms. The lowest BCUT2D eigenvalue weighted by Gasteiger charge is -2.07. The lowest BCUT2D eigenvalue weighted by atomic mass is 10.1. The molecule has 3 N–H and O–H groups in total. The van der Waals surface area contributed by atoms with E-state index < -0.39 is 10.0 Å². The molecule has 0 aliphatic carbocycles. The molecule has 0 aliphatic heterocycles. The molecule has 0 saturated carbocycles. The Kier molecular flexibility index (Phi) is 4.24. The van der Waals surface area contributed by atoms with Crippen molar-refractivity contribution in [3.63, 3.8) is 0 Å². The summed E-state index contributed by atoms with van der Waals surface area (Å²) in [7, 11) is -3.51. The van der Waals surface area contributed by atoms with Crippen LogP contribution in [0.3, 0.4) is 0 Å². The standard InChI is InChI=1S/C13H16N2O2S2/c1-2-10-4-3-5-12(6-10)15-19(16,17)13-7-11(8-14)9-18-13/h3-7,9,15H,2,8,14H2,1H3. The summed E-state index contributed by atoms with van der Waals surface area (Å²) in [5.41, 5.74) is 7.99. The number of aryl methyl sites for hydroxylation is 1. The van der Waals surface area contributed by atoms with E-state index >= 15 is 0 Å². The number of rotatable bonds is 5. The maximum absolute atomic E-state index is 12.2. The van der Waals surface area contributed by atoms with Crippen LogP contribution < -0.4 is 10.5 Å². The van der Waals surface area contributed by atoms with Crippen LogP contribution >= 0.6 is 11.3 Å². The average molecular weight is 296 g/mol. The summed E-state index contributed by atoms with van der Waals surface area (Å²) in [6.07, 6.45) is 0.867. The zero-order chi connectivity index (χ0) is 13.9. The Morgan fingerprint density at radius 2 is 2.05 bits per heavy atom. The molecule has 0 bridgehead atoms. The van der Waals surface area contributed by atoms with Crippen LogP contribution in [0.25, 0.3) is 0 Å². The van der Waals surface area contributed by atoms with Crippen LogP contribution in [0.5, 0.6) is 0 Å². The van der Waals surface area contributed by atoms with Gasteiger partial charge in [-0.05, 0) is 41.1 Å². The van der Waals surface area contributed by atoms with Crippen LogP contribution in [-0.4, -0.2) is 8.42 Å². The molecule has 1 aromatic carbocycles. The Labute approximate surface area is 117 Å². The summed E-state index contributed by atoms with van der Waals surface area (Å²) in [5.74, 6) is 0. The highest BCUT2D eigenvalue weighted by Gasteiger charge is 2.16. The lowest BCUT2D eigenvalue weighted by molar-refractivity contribution is 0.603. The Hall–Kier alpha value is -1.37. The Morgan fingerprint density at radius 1 is 1.26 bits per heavy atom. The van der Waals surface area contributed by atoms with Gasteiger partial charge in [-0.15, -0.1) is 11.3 Å². The second kappa shape index (κ2) is 5.73. The summed E-state index contributed by atoms with van der Waals surface area (Å²) in [6, 6.07) is 9.01. The van der Waals surface area contributed by atoms with E-state index in [0.29, 0.717) is 12.2 Å². The summed E-state index contributed by atoms with van der Waals surface area (Å²) >= 11 is 1.18. The number of anilines is 1. The van der Waals surface area contributed by atoms with Gasteiger partial charge in [0, 0.05) is 12.2 Å². The van der Waals surface area contributed by atoms with E-state index in [1.807, 2.05) is 25.1 Å². The molecule has 1 aromatic heterocycles. The molecule has 0 aliphatic rings. The van der Waals surface area contributed by atoms with Crippen molar-refractivity contribution in [3.05, 3.63) is 46.8 Å². The monoisotopic (exact) mass is 296 g/mol. The predicted octanol–water partition coefficient (Wildman–Crippen LogP) is 2.57. The number of nitrogens with two attached hydrogens (primary N) is 1. The van der Waals surface area contributed by atoms with E-state index in [0.717, 1.165) is 17.5 Å². The molecule has 0 saturated heterocycles. The summed E-state index contributed by atoms with van der Waals surface area (Å²) in [6.45, 7) is 2.37. The molecule has 1 heterocycles. The third-order valence-electron chi connectivity index (χ3n) is 2.72. The number of thiophene rings is 1. The van der Waals surface area contributed by atoms with Gasteiger partial charge in [-0.3, -0.25) is 4.72 Å². The molecule has 0 unspecified atom stereocenters. The largest absolute Gasteiger partial charge is 0.326 e. The highest BCUT2D eigenvalue weighted by molar-refractivity contribution is 7.94. The van der Waals surface area contributed by atoms with Gasteiger partial charge in [0.05, 0.1) is 0 Å². The molecule has 19 heavy (non-hydrogen) atoms. The molecule has 4 nitrogen and oxygen atoms in total. The van der Waals surface area contributed by atoms with Crippen molar-refractivity contribution in [3.8, 4) is 0 Å². The second-order valence-corrected chi connectivity index (χ2v) is 6.96. The maximum Gasteiger partial charge on any atom is 0.271 e. The molecule has 2 rings (SSSR count). The number of hydrogen-bond donors (Lipinski definition) is 2. The molecular formula is C13H16N2O2S2. The van der Waals surface area contributed by atoms with E-state index in [2.05, 4.69) is 4.72 Å². The van der Waals surface area contributed by atoms with Crippen molar-refractivity contribution in [1.82, 2.24) is 0 Å². The van der Waals surface area contributed by atoms with Gasteiger partial charge < -0.3 is 5.73 Å². The number of hydrogen-bond acceptors (Lipinski definition) is 4. The minimum Gasteiger partial charge on any atom is -0.326 e. The van der Waals surface area contributed by atoms with Gasteiger partial charge in [0.1, 0.15) is 4.21 Å². The van der Waals surface area contributed by atoms with Gasteiger partial charge in [0.2, 0.25) is 0 Å². The van der Waals surface area contributed by atoms with Crippen molar-refractivity contribution in [2.75, 3.05) is 4.72 Å². The van der Waals surface area contributed by atoms with Gasteiger partial charge in [0.15, 0.2) is 0 Å². The predicted molar refractivity (Wildman–Crippen MR) is 78.8 cm³/mol. The Bertz CT molecular complexity index is 663. The summed E-state index contributed by atoms with van der Waals surface area (Å²) < 4.78 is 27.3. The van der Waals surface area contributed by atoms with Crippen molar-refractivity contribution < 1.29 is 8.42 Å². The van der Waals surface area contributed by atoms with Crippen LogP contribution in [0.4, 0.5) is 5.69 Å². The second-order valence-electron chi connectivity index (χ2n) is 4.14. The van der Waals surface area contributed by atoms with E-state index in [1.165, 1.54) is 11.3 Å². The fourth-order valence-corrected chi connectivity index (χ4v) is 3.93. The summed E-state index contributed by atoms with van der Waals surface area (Å²) in [5, 5.41) is 1.76. The van der Waals surface area contributed by atoms with Gasteiger partial charge in [-0.25, -0.2) is 8.42 Å². The quantitative estimate of drug-likeness (QED) is 0.890. The minimum absolute atomic E-state index is 0.287. The van der Waals surface area contributed by atoms with E-state index in [9.17, 15) is 8.42 Å². The number of sulfonamides is 1. The van der Waals surface area contributed by atoms with Gasteiger partial charge in [-0.1, -0.05) is 19.1 Å². The van der Waals surface area contributed by atoms with Crippen molar-refractivity contribution in [2.24, 2.45) is 5.73 Å². The SMILES string of the molecule is CCc1cccc(NS(=O)(=O)c2cc(CN)cs2)c1. The van der Waals surface area contributed by atoms with Crippen molar-refractivity contribution >= 4 is 27.0 Å². The zero-order valence-corrected chi connectivity index (χ0v) is 12.2. The first-order valence-corrected chi connectivity index (χ1v) is 8.30. The Balaban J connectivity index is 2.25. The Morgan fingerprint density at radius 3 is 2.68 bits per heavy atom. The van der Waals surface area contributed by atoms with Crippen LogP contribution in [0, 0.1) is 0 Å². The lowest BCUT2D eigenvalue weighted by Crippen LogP contribution is -2.11. The maximum atomic E-state index is 12.2. The molecule has 0 amide bonds. The minimum atomic E-state index is -3.51. The molecule has 0 atom stereocenters. The molecule has 102 valence electrons. The van der Waals surface area contributed by atoms with E-state index in [-0.39, 0.29) is 4.21 Å². The molecular weight excluding hydrogens is 280 g/mol. The first-order valence-electron chi connectivity index (χ1n) is 5.94. The topological polar surface area (TPSA) is 72.2 Å².